The summed E-state index contributed by atoms with van der Waals surface area (Å²) < 4.78 is 30.5. The highest BCUT2D eigenvalue weighted by Gasteiger charge is 2.21. The molecule has 0 aromatic heterocycles. The van der Waals surface area contributed by atoms with Crippen LogP contribution in [-0.2, 0) is 14.8 Å². The normalized spacial score (nSPS) is 11.3. The topological polar surface area (TPSA) is 75.7 Å². The summed E-state index contributed by atoms with van der Waals surface area (Å²) in [5.41, 5.74) is 2.10. The predicted molar refractivity (Wildman–Crippen MR) is 104 cm³/mol. The molecule has 0 radical (unpaired) electrons. The molecule has 2 aromatic carbocycles. The van der Waals surface area contributed by atoms with E-state index in [1.807, 2.05) is 12.1 Å². The Labute approximate surface area is 154 Å². The first-order valence-corrected chi connectivity index (χ1v) is 10.1. The molecule has 1 N–H and O–H groups in total. The molecule has 2 aromatic rings. The van der Waals surface area contributed by atoms with E-state index in [4.69, 9.17) is 4.74 Å². The van der Waals surface area contributed by atoms with E-state index in [0.717, 1.165) is 16.1 Å². The molecular formula is C19H24N2O4S. The van der Waals surface area contributed by atoms with Crippen LogP contribution in [0.2, 0.25) is 0 Å². The number of anilines is 2. The summed E-state index contributed by atoms with van der Waals surface area (Å²) in [7, 11) is -2.07. The van der Waals surface area contributed by atoms with Gasteiger partial charge in [0.2, 0.25) is 15.9 Å². The van der Waals surface area contributed by atoms with Crippen LogP contribution in [0.3, 0.4) is 0 Å². The third kappa shape index (κ3) is 5.23. The van der Waals surface area contributed by atoms with Crippen molar-refractivity contribution >= 4 is 27.3 Å². The Morgan fingerprint density at radius 1 is 1.15 bits per heavy atom. The summed E-state index contributed by atoms with van der Waals surface area (Å²) >= 11 is 0. The molecule has 7 heteroatoms. The van der Waals surface area contributed by atoms with E-state index in [-0.39, 0.29) is 6.54 Å². The van der Waals surface area contributed by atoms with E-state index >= 15 is 0 Å². The molecule has 0 heterocycles. The second kappa shape index (κ2) is 8.23. The minimum Gasteiger partial charge on any atom is -0.497 e. The summed E-state index contributed by atoms with van der Waals surface area (Å²) in [5, 5.41) is 2.69. The van der Waals surface area contributed by atoms with E-state index in [1.54, 1.807) is 36.4 Å². The van der Waals surface area contributed by atoms with Gasteiger partial charge in [0.05, 0.1) is 19.1 Å². The lowest BCUT2D eigenvalue weighted by Crippen LogP contribution is -2.37. The molecule has 0 atom stereocenters. The Kier molecular flexibility index (Phi) is 6.26. The lowest BCUT2D eigenvalue weighted by molar-refractivity contribution is -0.114. The van der Waals surface area contributed by atoms with E-state index in [1.165, 1.54) is 7.11 Å². The standard InChI is InChI=1S/C19H24N2O4S/c1-14(2)15-8-10-17(11-9-15)21(26(4,23)24)13-19(22)20-16-6-5-7-18(12-16)25-3/h5-12,14H,13H2,1-4H3,(H,20,22). The number of rotatable bonds is 7. The van der Waals surface area contributed by atoms with Crippen LogP contribution in [-0.4, -0.2) is 34.2 Å². The number of nitrogens with zero attached hydrogens (tertiary/aromatic N) is 1. The number of ether oxygens (including phenoxy) is 1. The molecule has 26 heavy (non-hydrogen) atoms. The molecule has 0 unspecified atom stereocenters. The maximum Gasteiger partial charge on any atom is 0.245 e. The van der Waals surface area contributed by atoms with Crippen LogP contribution in [0.25, 0.3) is 0 Å². The quantitative estimate of drug-likeness (QED) is 0.805. The van der Waals surface area contributed by atoms with Crippen molar-refractivity contribution in [2.24, 2.45) is 0 Å². The van der Waals surface area contributed by atoms with Crippen molar-refractivity contribution < 1.29 is 17.9 Å². The van der Waals surface area contributed by atoms with Crippen molar-refractivity contribution in [1.29, 1.82) is 0 Å². The van der Waals surface area contributed by atoms with Gasteiger partial charge in [-0.05, 0) is 35.7 Å². The molecule has 140 valence electrons. The molecule has 0 aliphatic heterocycles. The van der Waals surface area contributed by atoms with Gasteiger partial charge in [0.15, 0.2) is 0 Å². The molecule has 0 spiro atoms. The summed E-state index contributed by atoms with van der Waals surface area (Å²) in [6.45, 7) is 3.81. The number of hydrogen-bond donors (Lipinski definition) is 1. The highest BCUT2D eigenvalue weighted by atomic mass is 32.2. The first-order valence-electron chi connectivity index (χ1n) is 8.22. The van der Waals surface area contributed by atoms with Crippen molar-refractivity contribution in [3.63, 3.8) is 0 Å². The zero-order valence-corrected chi connectivity index (χ0v) is 16.2. The first kappa shape index (κ1) is 19.8. The van der Waals surface area contributed by atoms with Crippen LogP contribution in [0.4, 0.5) is 11.4 Å². The van der Waals surface area contributed by atoms with Gasteiger partial charge in [-0.1, -0.05) is 32.0 Å². The molecule has 6 nitrogen and oxygen atoms in total. The van der Waals surface area contributed by atoms with E-state index in [2.05, 4.69) is 19.2 Å². The SMILES string of the molecule is COc1cccc(NC(=O)CN(c2ccc(C(C)C)cc2)S(C)(=O)=O)c1. The molecule has 0 aliphatic carbocycles. The Hall–Kier alpha value is -2.54. The fourth-order valence-corrected chi connectivity index (χ4v) is 3.31. The predicted octanol–water partition coefficient (Wildman–Crippen LogP) is 3.22. The number of nitrogens with one attached hydrogen (secondary N) is 1. The van der Waals surface area contributed by atoms with Gasteiger partial charge in [0, 0.05) is 11.8 Å². The minimum absolute atomic E-state index is 0.308. The second-order valence-electron chi connectivity index (χ2n) is 6.30. The van der Waals surface area contributed by atoms with Crippen molar-refractivity contribution in [1.82, 2.24) is 0 Å². The zero-order chi connectivity index (χ0) is 19.3. The average Bonchev–Trinajstić information content (AvgIpc) is 2.59. The van der Waals surface area contributed by atoms with Crippen LogP contribution in [0.5, 0.6) is 5.75 Å². The van der Waals surface area contributed by atoms with Crippen LogP contribution in [0.1, 0.15) is 25.3 Å². The van der Waals surface area contributed by atoms with Gasteiger partial charge in [0.1, 0.15) is 12.3 Å². The number of benzene rings is 2. The van der Waals surface area contributed by atoms with Crippen LogP contribution < -0.4 is 14.4 Å². The van der Waals surface area contributed by atoms with Gasteiger partial charge < -0.3 is 10.1 Å². The number of hydrogen-bond acceptors (Lipinski definition) is 4. The summed E-state index contributed by atoms with van der Waals surface area (Å²) in [6, 6.07) is 14.1. The Bertz CT molecular complexity index is 861. The minimum atomic E-state index is -3.60. The molecule has 0 saturated carbocycles. The van der Waals surface area contributed by atoms with Crippen LogP contribution >= 0.6 is 0 Å². The van der Waals surface area contributed by atoms with Gasteiger partial charge in [-0.3, -0.25) is 9.10 Å². The highest BCUT2D eigenvalue weighted by molar-refractivity contribution is 7.92. The molecule has 2 rings (SSSR count). The van der Waals surface area contributed by atoms with Gasteiger partial charge in [-0.25, -0.2) is 8.42 Å². The number of sulfonamides is 1. The molecule has 0 aliphatic rings. The smallest absolute Gasteiger partial charge is 0.245 e. The summed E-state index contributed by atoms with van der Waals surface area (Å²) in [5.74, 6) is 0.510. The van der Waals surface area contributed by atoms with Crippen molar-refractivity contribution in [2.45, 2.75) is 19.8 Å². The van der Waals surface area contributed by atoms with Crippen molar-refractivity contribution in [3.8, 4) is 5.75 Å². The van der Waals surface area contributed by atoms with Crippen molar-refractivity contribution in [2.75, 3.05) is 29.5 Å². The fourth-order valence-electron chi connectivity index (χ4n) is 2.46. The highest BCUT2D eigenvalue weighted by Crippen LogP contribution is 2.22. The van der Waals surface area contributed by atoms with Crippen LogP contribution in [0.15, 0.2) is 48.5 Å². The Balaban J connectivity index is 2.18. The van der Waals surface area contributed by atoms with Gasteiger partial charge in [-0.2, -0.15) is 0 Å². The largest absolute Gasteiger partial charge is 0.497 e. The molecular weight excluding hydrogens is 352 g/mol. The lowest BCUT2D eigenvalue weighted by atomic mass is 10.0. The molecule has 0 bridgehead atoms. The zero-order valence-electron chi connectivity index (χ0n) is 15.4. The number of carbonyl (C=O) groups is 1. The maximum atomic E-state index is 12.4. The first-order chi connectivity index (χ1) is 12.2. The third-order valence-electron chi connectivity index (χ3n) is 3.89. The van der Waals surface area contributed by atoms with Crippen LogP contribution in [0, 0.1) is 0 Å². The summed E-state index contributed by atoms with van der Waals surface area (Å²) in [6.07, 6.45) is 1.09. The Morgan fingerprint density at radius 3 is 2.35 bits per heavy atom. The van der Waals surface area contributed by atoms with Gasteiger partial charge >= 0.3 is 0 Å². The van der Waals surface area contributed by atoms with E-state index in [0.29, 0.717) is 23.0 Å². The molecule has 0 saturated heterocycles. The number of carbonyl (C=O) groups excluding carboxylic acids is 1. The van der Waals surface area contributed by atoms with Gasteiger partial charge in [-0.15, -0.1) is 0 Å². The second-order valence-corrected chi connectivity index (χ2v) is 8.20. The van der Waals surface area contributed by atoms with E-state index in [9.17, 15) is 13.2 Å². The molecule has 1 amide bonds. The third-order valence-corrected chi connectivity index (χ3v) is 5.03. The molecule has 0 fully saturated rings. The maximum absolute atomic E-state index is 12.4. The van der Waals surface area contributed by atoms with Gasteiger partial charge in [0.25, 0.3) is 0 Å². The fraction of sp³-hybridized carbons (Fsp3) is 0.316. The Morgan fingerprint density at radius 2 is 1.81 bits per heavy atom. The average molecular weight is 376 g/mol. The lowest BCUT2D eigenvalue weighted by Gasteiger charge is -2.22. The number of amides is 1. The van der Waals surface area contributed by atoms with E-state index < -0.39 is 15.9 Å². The number of methoxy groups -OCH3 is 1. The summed E-state index contributed by atoms with van der Waals surface area (Å²) in [4.78, 5) is 12.4. The van der Waals surface area contributed by atoms with Crippen molar-refractivity contribution in [3.05, 3.63) is 54.1 Å². The monoisotopic (exact) mass is 376 g/mol.